The summed E-state index contributed by atoms with van der Waals surface area (Å²) in [5.41, 5.74) is 1.44. The zero-order valence-electron chi connectivity index (χ0n) is 9.24. The highest BCUT2D eigenvalue weighted by Gasteiger charge is 2.09. The van der Waals surface area contributed by atoms with E-state index in [0.29, 0.717) is 16.5 Å². The molecule has 4 nitrogen and oxygen atoms in total. The lowest BCUT2D eigenvalue weighted by Gasteiger charge is -2.03. The summed E-state index contributed by atoms with van der Waals surface area (Å²) in [7, 11) is 0. The molecule has 0 aliphatic carbocycles. The molecule has 1 N–H and O–H groups in total. The Kier molecular flexibility index (Phi) is 3.44. The third kappa shape index (κ3) is 3.07. The molecule has 0 aliphatic rings. The molecule has 0 radical (unpaired) electrons. The number of anilines is 1. The number of aryl methyl sites for hydroxylation is 1. The van der Waals surface area contributed by atoms with Gasteiger partial charge in [-0.15, -0.1) is 0 Å². The Morgan fingerprint density at radius 3 is 2.71 bits per heavy atom. The number of carbonyl (C=O) groups excluding carboxylic acids is 1. The summed E-state index contributed by atoms with van der Waals surface area (Å²) in [6.45, 7) is 1.80. The van der Waals surface area contributed by atoms with Crippen LogP contribution in [0.3, 0.4) is 0 Å². The van der Waals surface area contributed by atoms with Gasteiger partial charge in [0.05, 0.1) is 12.1 Å². The van der Waals surface area contributed by atoms with E-state index in [1.807, 2.05) is 0 Å². The summed E-state index contributed by atoms with van der Waals surface area (Å²) in [6.07, 6.45) is 1.51. The molecule has 0 aliphatic heterocycles. The number of rotatable bonds is 3. The third-order valence-corrected chi connectivity index (χ3v) is 2.55. The lowest BCUT2D eigenvalue weighted by molar-refractivity contribution is -0.115. The zero-order valence-corrected chi connectivity index (χ0v) is 9.99. The normalized spacial score (nSPS) is 10.2. The highest BCUT2D eigenvalue weighted by molar-refractivity contribution is 6.30. The molecule has 1 heterocycles. The van der Waals surface area contributed by atoms with Crippen LogP contribution in [0.2, 0.25) is 5.02 Å². The van der Waals surface area contributed by atoms with Gasteiger partial charge in [0, 0.05) is 10.7 Å². The van der Waals surface area contributed by atoms with Gasteiger partial charge in [0.2, 0.25) is 5.91 Å². The second-order valence-electron chi connectivity index (χ2n) is 3.59. The number of oxazole rings is 1. The first-order chi connectivity index (χ1) is 8.15. The smallest absolute Gasteiger partial charge is 0.232 e. The van der Waals surface area contributed by atoms with Crippen LogP contribution in [0.25, 0.3) is 0 Å². The average Bonchev–Trinajstić information content (AvgIpc) is 2.68. The number of nitrogens with one attached hydrogen (secondary N) is 1. The van der Waals surface area contributed by atoms with Gasteiger partial charge in [-0.2, -0.15) is 0 Å². The van der Waals surface area contributed by atoms with Crippen molar-refractivity contribution in [1.29, 1.82) is 0 Å². The minimum atomic E-state index is -0.146. The van der Waals surface area contributed by atoms with Crippen molar-refractivity contribution in [2.75, 3.05) is 5.32 Å². The van der Waals surface area contributed by atoms with Gasteiger partial charge in [0.1, 0.15) is 5.76 Å². The number of halogens is 1. The van der Waals surface area contributed by atoms with Crippen molar-refractivity contribution in [1.82, 2.24) is 4.98 Å². The second-order valence-corrected chi connectivity index (χ2v) is 4.03. The van der Waals surface area contributed by atoms with Gasteiger partial charge in [-0.1, -0.05) is 11.6 Å². The van der Waals surface area contributed by atoms with Crippen LogP contribution in [0.5, 0.6) is 0 Å². The van der Waals surface area contributed by atoms with Crippen LogP contribution in [0, 0.1) is 6.92 Å². The van der Waals surface area contributed by atoms with E-state index < -0.39 is 0 Å². The van der Waals surface area contributed by atoms with Crippen molar-refractivity contribution < 1.29 is 9.21 Å². The average molecular weight is 251 g/mol. The Morgan fingerprint density at radius 2 is 2.12 bits per heavy atom. The summed E-state index contributed by atoms with van der Waals surface area (Å²) in [4.78, 5) is 15.6. The molecule has 88 valence electrons. The monoisotopic (exact) mass is 250 g/mol. The van der Waals surface area contributed by atoms with E-state index >= 15 is 0 Å². The number of hydrogen-bond donors (Lipinski definition) is 1. The van der Waals surface area contributed by atoms with Crippen molar-refractivity contribution in [2.45, 2.75) is 13.3 Å². The highest BCUT2D eigenvalue weighted by atomic mass is 35.5. The van der Waals surface area contributed by atoms with E-state index in [1.54, 1.807) is 31.2 Å². The molecule has 1 aromatic heterocycles. The Balaban J connectivity index is 1.98. The second kappa shape index (κ2) is 5.01. The molecule has 2 rings (SSSR count). The fourth-order valence-corrected chi connectivity index (χ4v) is 1.51. The molecule has 0 spiro atoms. The molecular weight excluding hydrogens is 240 g/mol. The molecule has 17 heavy (non-hydrogen) atoms. The number of amides is 1. The molecule has 1 amide bonds. The lowest BCUT2D eigenvalue weighted by atomic mass is 10.2. The molecular formula is C12H11ClN2O2. The molecule has 0 saturated heterocycles. The first-order valence-corrected chi connectivity index (χ1v) is 5.47. The lowest BCUT2D eigenvalue weighted by Crippen LogP contribution is -2.14. The fourth-order valence-electron chi connectivity index (χ4n) is 1.38. The van der Waals surface area contributed by atoms with E-state index in [4.69, 9.17) is 16.0 Å². The first-order valence-electron chi connectivity index (χ1n) is 5.09. The highest BCUT2D eigenvalue weighted by Crippen LogP contribution is 2.14. The number of nitrogens with zero attached hydrogens (tertiary/aromatic N) is 1. The van der Waals surface area contributed by atoms with Crippen LogP contribution in [-0.2, 0) is 11.2 Å². The number of carbonyl (C=O) groups is 1. The maximum Gasteiger partial charge on any atom is 0.232 e. The molecule has 0 saturated carbocycles. The number of aromatic nitrogens is 1. The standard InChI is InChI=1S/C12H11ClN2O2/c1-8-11(17-7-14-8)6-12(16)15-10-4-2-9(13)3-5-10/h2-5,7H,6H2,1H3,(H,15,16). The van der Waals surface area contributed by atoms with Gasteiger partial charge in [-0.3, -0.25) is 4.79 Å². The molecule has 0 fully saturated rings. The molecule has 2 aromatic rings. The van der Waals surface area contributed by atoms with Crippen molar-refractivity contribution in [2.24, 2.45) is 0 Å². The molecule has 5 heteroatoms. The summed E-state index contributed by atoms with van der Waals surface area (Å²) < 4.78 is 5.10. The summed E-state index contributed by atoms with van der Waals surface area (Å²) >= 11 is 5.75. The van der Waals surface area contributed by atoms with Gasteiger partial charge in [-0.25, -0.2) is 4.98 Å². The zero-order chi connectivity index (χ0) is 12.3. The first kappa shape index (κ1) is 11.7. The van der Waals surface area contributed by atoms with E-state index in [2.05, 4.69) is 10.3 Å². The molecule has 0 bridgehead atoms. The van der Waals surface area contributed by atoms with Crippen molar-refractivity contribution in [3.05, 3.63) is 47.1 Å². The van der Waals surface area contributed by atoms with E-state index in [9.17, 15) is 4.79 Å². The van der Waals surface area contributed by atoms with Crippen LogP contribution in [0.1, 0.15) is 11.5 Å². The van der Waals surface area contributed by atoms with E-state index in [-0.39, 0.29) is 12.3 Å². The van der Waals surface area contributed by atoms with Crippen LogP contribution >= 0.6 is 11.6 Å². The molecule has 0 unspecified atom stereocenters. The maximum absolute atomic E-state index is 11.7. The predicted molar refractivity (Wildman–Crippen MR) is 65.0 cm³/mol. The third-order valence-electron chi connectivity index (χ3n) is 2.29. The Hall–Kier alpha value is -1.81. The van der Waals surface area contributed by atoms with Gasteiger partial charge in [-0.05, 0) is 31.2 Å². The summed E-state index contributed by atoms with van der Waals surface area (Å²) in [5, 5.41) is 3.38. The van der Waals surface area contributed by atoms with Crippen LogP contribution in [0.15, 0.2) is 35.1 Å². The fraction of sp³-hybridized carbons (Fsp3) is 0.167. The van der Waals surface area contributed by atoms with Gasteiger partial charge in [0.15, 0.2) is 6.39 Å². The Bertz CT molecular complexity index is 520. The van der Waals surface area contributed by atoms with Gasteiger partial charge < -0.3 is 9.73 Å². The van der Waals surface area contributed by atoms with Crippen molar-refractivity contribution in [3.63, 3.8) is 0 Å². The maximum atomic E-state index is 11.7. The Morgan fingerprint density at radius 1 is 1.41 bits per heavy atom. The van der Waals surface area contributed by atoms with Crippen molar-refractivity contribution in [3.8, 4) is 0 Å². The quantitative estimate of drug-likeness (QED) is 0.911. The van der Waals surface area contributed by atoms with Gasteiger partial charge in [0.25, 0.3) is 0 Å². The van der Waals surface area contributed by atoms with E-state index in [0.717, 1.165) is 5.69 Å². The largest absolute Gasteiger partial charge is 0.448 e. The molecule has 0 atom stereocenters. The number of benzene rings is 1. The van der Waals surface area contributed by atoms with Crippen LogP contribution < -0.4 is 5.32 Å². The van der Waals surface area contributed by atoms with Gasteiger partial charge >= 0.3 is 0 Å². The topological polar surface area (TPSA) is 55.1 Å². The summed E-state index contributed by atoms with van der Waals surface area (Å²) in [6, 6.07) is 6.93. The van der Waals surface area contributed by atoms with Crippen molar-refractivity contribution >= 4 is 23.2 Å². The minimum absolute atomic E-state index is 0.146. The number of hydrogen-bond acceptors (Lipinski definition) is 3. The Labute approximate surface area is 104 Å². The van der Waals surface area contributed by atoms with Crippen LogP contribution in [-0.4, -0.2) is 10.9 Å². The predicted octanol–water partition coefficient (Wildman–Crippen LogP) is 2.82. The van der Waals surface area contributed by atoms with E-state index in [1.165, 1.54) is 6.39 Å². The molecule has 1 aromatic carbocycles. The summed E-state index contributed by atoms with van der Waals surface area (Å²) in [5.74, 6) is 0.434. The minimum Gasteiger partial charge on any atom is -0.448 e. The van der Waals surface area contributed by atoms with Crippen LogP contribution in [0.4, 0.5) is 5.69 Å². The SMILES string of the molecule is Cc1ncoc1CC(=O)Nc1ccc(Cl)cc1.